The van der Waals surface area contributed by atoms with E-state index in [9.17, 15) is 18.4 Å². The zero-order chi connectivity index (χ0) is 14.6. The van der Waals surface area contributed by atoms with Crippen LogP contribution in [0.25, 0.3) is 0 Å². The molecule has 0 saturated heterocycles. The summed E-state index contributed by atoms with van der Waals surface area (Å²) in [5.41, 5.74) is 0.195. The molecule has 1 atom stereocenters. The first-order valence-electron chi connectivity index (χ1n) is 5.77. The fraction of sp³-hybridized carbons (Fsp3) is 0.385. The Morgan fingerprint density at radius 2 is 2.00 bits per heavy atom. The fourth-order valence-electron chi connectivity index (χ4n) is 1.54. The van der Waals surface area contributed by atoms with E-state index < -0.39 is 23.6 Å². The van der Waals surface area contributed by atoms with Crippen molar-refractivity contribution >= 4 is 11.8 Å². The third-order valence-corrected chi connectivity index (χ3v) is 2.72. The van der Waals surface area contributed by atoms with E-state index in [-0.39, 0.29) is 18.0 Å². The predicted molar refractivity (Wildman–Crippen MR) is 66.2 cm³/mol. The standard InChI is InChI=1S/C13H16F2N2O2/c1-8(11-5-4-10(14)6-12(11)15)16-13(19)7-17(3)9(2)18/h4-6,8H,7H2,1-3H3,(H,16,19). The molecule has 1 rings (SSSR count). The van der Waals surface area contributed by atoms with Gasteiger partial charge in [0.05, 0.1) is 12.6 Å². The molecule has 19 heavy (non-hydrogen) atoms. The average molecular weight is 270 g/mol. The number of nitrogens with zero attached hydrogens (tertiary/aromatic N) is 1. The maximum absolute atomic E-state index is 13.5. The number of nitrogens with one attached hydrogen (secondary N) is 1. The minimum absolute atomic E-state index is 0.109. The molecule has 0 aliphatic carbocycles. The second kappa shape index (κ2) is 6.26. The predicted octanol–water partition coefficient (Wildman–Crippen LogP) is 1.62. The van der Waals surface area contributed by atoms with Crippen molar-refractivity contribution < 1.29 is 18.4 Å². The summed E-state index contributed by atoms with van der Waals surface area (Å²) in [6, 6.07) is 2.57. The lowest BCUT2D eigenvalue weighted by Gasteiger charge is -2.18. The first-order chi connectivity index (χ1) is 8.81. The summed E-state index contributed by atoms with van der Waals surface area (Å²) in [6.07, 6.45) is 0. The van der Waals surface area contributed by atoms with E-state index in [1.165, 1.54) is 24.9 Å². The SMILES string of the molecule is CC(=O)N(C)CC(=O)NC(C)c1ccc(F)cc1F. The number of hydrogen-bond acceptors (Lipinski definition) is 2. The van der Waals surface area contributed by atoms with Gasteiger partial charge in [0.2, 0.25) is 11.8 Å². The number of hydrogen-bond donors (Lipinski definition) is 1. The van der Waals surface area contributed by atoms with Crippen molar-refractivity contribution in [1.29, 1.82) is 0 Å². The van der Waals surface area contributed by atoms with Crippen LogP contribution < -0.4 is 5.32 Å². The lowest BCUT2D eigenvalue weighted by Crippen LogP contribution is -2.38. The summed E-state index contributed by atoms with van der Waals surface area (Å²) < 4.78 is 26.2. The molecule has 1 aromatic carbocycles. The Morgan fingerprint density at radius 1 is 1.37 bits per heavy atom. The van der Waals surface area contributed by atoms with Crippen LogP contribution in [-0.4, -0.2) is 30.3 Å². The molecule has 0 radical (unpaired) electrons. The normalized spacial score (nSPS) is 11.8. The highest BCUT2D eigenvalue weighted by Gasteiger charge is 2.15. The Labute approximate surface area is 110 Å². The van der Waals surface area contributed by atoms with Crippen molar-refractivity contribution in [3.8, 4) is 0 Å². The van der Waals surface area contributed by atoms with Crippen LogP contribution in [0.2, 0.25) is 0 Å². The van der Waals surface area contributed by atoms with Gasteiger partial charge in [-0.25, -0.2) is 8.78 Å². The summed E-state index contributed by atoms with van der Waals surface area (Å²) in [4.78, 5) is 23.8. The summed E-state index contributed by atoms with van der Waals surface area (Å²) in [7, 11) is 1.49. The van der Waals surface area contributed by atoms with Crippen molar-refractivity contribution in [2.24, 2.45) is 0 Å². The van der Waals surface area contributed by atoms with Gasteiger partial charge in [0, 0.05) is 25.6 Å². The lowest BCUT2D eigenvalue weighted by molar-refractivity contribution is -0.133. The van der Waals surface area contributed by atoms with Gasteiger partial charge in [-0.1, -0.05) is 6.07 Å². The van der Waals surface area contributed by atoms with Gasteiger partial charge in [0.1, 0.15) is 11.6 Å². The van der Waals surface area contributed by atoms with E-state index in [4.69, 9.17) is 0 Å². The molecule has 1 N–H and O–H groups in total. The number of amides is 2. The second-order valence-corrected chi connectivity index (χ2v) is 4.33. The molecule has 0 aromatic heterocycles. The third kappa shape index (κ3) is 4.31. The van der Waals surface area contributed by atoms with Crippen LogP contribution in [0, 0.1) is 11.6 Å². The topological polar surface area (TPSA) is 49.4 Å². The van der Waals surface area contributed by atoms with E-state index in [1.54, 1.807) is 6.92 Å². The van der Waals surface area contributed by atoms with Crippen LogP contribution in [0.1, 0.15) is 25.5 Å². The first-order valence-corrected chi connectivity index (χ1v) is 5.77. The van der Waals surface area contributed by atoms with E-state index in [0.29, 0.717) is 0 Å². The number of halogens is 2. The fourth-order valence-corrected chi connectivity index (χ4v) is 1.54. The molecule has 1 unspecified atom stereocenters. The van der Waals surface area contributed by atoms with Crippen LogP contribution in [0.5, 0.6) is 0 Å². The highest BCUT2D eigenvalue weighted by molar-refractivity contribution is 5.83. The van der Waals surface area contributed by atoms with Crippen molar-refractivity contribution in [1.82, 2.24) is 10.2 Å². The van der Waals surface area contributed by atoms with Gasteiger partial charge in [0.25, 0.3) is 0 Å². The Kier molecular flexibility index (Phi) is 4.97. The van der Waals surface area contributed by atoms with E-state index in [1.807, 2.05) is 0 Å². The van der Waals surface area contributed by atoms with Crippen molar-refractivity contribution in [3.05, 3.63) is 35.4 Å². The Balaban J connectivity index is 2.66. The number of carbonyl (C=O) groups excluding carboxylic acids is 2. The van der Waals surface area contributed by atoms with Crippen molar-refractivity contribution in [2.45, 2.75) is 19.9 Å². The van der Waals surface area contributed by atoms with Gasteiger partial charge in [-0.15, -0.1) is 0 Å². The smallest absolute Gasteiger partial charge is 0.240 e. The van der Waals surface area contributed by atoms with Gasteiger partial charge < -0.3 is 10.2 Å². The Morgan fingerprint density at radius 3 is 2.53 bits per heavy atom. The third-order valence-electron chi connectivity index (χ3n) is 2.72. The highest BCUT2D eigenvalue weighted by Crippen LogP contribution is 2.17. The minimum Gasteiger partial charge on any atom is -0.348 e. The lowest BCUT2D eigenvalue weighted by atomic mass is 10.1. The summed E-state index contributed by atoms with van der Waals surface area (Å²) in [5.74, 6) is -2.03. The van der Waals surface area contributed by atoms with Crippen LogP contribution in [-0.2, 0) is 9.59 Å². The molecule has 0 bridgehead atoms. The molecule has 0 heterocycles. The quantitative estimate of drug-likeness (QED) is 0.903. The molecular formula is C13H16F2N2O2. The molecule has 0 spiro atoms. The zero-order valence-electron chi connectivity index (χ0n) is 11.0. The minimum atomic E-state index is -0.715. The van der Waals surface area contributed by atoms with E-state index in [0.717, 1.165) is 12.1 Å². The molecule has 0 aliphatic rings. The summed E-state index contributed by atoms with van der Waals surface area (Å²) >= 11 is 0. The Hall–Kier alpha value is -1.98. The molecule has 4 nitrogen and oxygen atoms in total. The van der Waals surface area contributed by atoms with Gasteiger partial charge in [0.15, 0.2) is 0 Å². The molecule has 2 amide bonds. The molecule has 0 aliphatic heterocycles. The van der Waals surface area contributed by atoms with Gasteiger partial charge in [-0.05, 0) is 13.0 Å². The van der Waals surface area contributed by atoms with Crippen LogP contribution in [0.3, 0.4) is 0 Å². The molecule has 1 aromatic rings. The monoisotopic (exact) mass is 270 g/mol. The van der Waals surface area contributed by atoms with Crippen LogP contribution in [0.15, 0.2) is 18.2 Å². The van der Waals surface area contributed by atoms with Crippen LogP contribution in [0.4, 0.5) is 8.78 Å². The van der Waals surface area contributed by atoms with Gasteiger partial charge in [-0.3, -0.25) is 9.59 Å². The van der Waals surface area contributed by atoms with E-state index in [2.05, 4.69) is 5.32 Å². The number of rotatable bonds is 4. The highest BCUT2D eigenvalue weighted by atomic mass is 19.1. The molecule has 0 fully saturated rings. The molecule has 104 valence electrons. The number of likely N-dealkylation sites (N-methyl/N-ethyl adjacent to an activating group) is 1. The number of carbonyl (C=O) groups is 2. The largest absolute Gasteiger partial charge is 0.348 e. The van der Waals surface area contributed by atoms with Crippen molar-refractivity contribution in [2.75, 3.05) is 13.6 Å². The Bertz CT molecular complexity index is 492. The second-order valence-electron chi connectivity index (χ2n) is 4.33. The van der Waals surface area contributed by atoms with Crippen molar-refractivity contribution in [3.63, 3.8) is 0 Å². The molecular weight excluding hydrogens is 254 g/mol. The van der Waals surface area contributed by atoms with Crippen LogP contribution >= 0.6 is 0 Å². The number of benzene rings is 1. The summed E-state index contributed by atoms with van der Waals surface area (Å²) in [5, 5.41) is 2.55. The first kappa shape index (κ1) is 15.1. The van der Waals surface area contributed by atoms with Gasteiger partial charge >= 0.3 is 0 Å². The maximum atomic E-state index is 13.5. The maximum Gasteiger partial charge on any atom is 0.240 e. The molecule has 0 saturated carbocycles. The zero-order valence-corrected chi connectivity index (χ0v) is 11.0. The summed E-state index contributed by atoms with van der Waals surface area (Å²) in [6.45, 7) is 2.82. The average Bonchev–Trinajstić information content (AvgIpc) is 2.27. The van der Waals surface area contributed by atoms with Gasteiger partial charge in [-0.2, -0.15) is 0 Å². The molecule has 6 heteroatoms. The van der Waals surface area contributed by atoms with E-state index >= 15 is 0 Å².